The summed E-state index contributed by atoms with van der Waals surface area (Å²) in [5.74, 6) is 1.01. The molecule has 2 saturated heterocycles. The Balaban J connectivity index is 1.05. The molecule has 2 aliphatic rings. The lowest BCUT2D eigenvalue weighted by molar-refractivity contribution is 0.0733. The first kappa shape index (κ1) is 20.8. The fourth-order valence-electron chi connectivity index (χ4n) is 5.52. The zero-order valence-corrected chi connectivity index (χ0v) is 19.4. The van der Waals surface area contributed by atoms with Gasteiger partial charge in [-0.3, -0.25) is 14.7 Å². The number of pyridine rings is 1. The van der Waals surface area contributed by atoms with Crippen molar-refractivity contribution in [2.24, 2.45) is 11.8 Å². The van der Waals surface area contributed by atoms with Crippen LogP contribution in [0.25, 0.3) is 33.5 Å². The normalized spacial score (nSPS) is 19.3. The second-order valence-electron chi connectivity index (χ2n) is 9.57. The fraction of sp³-hybridized carbons (Fsp3) is 0.222. The molecule has 2 aromatic carbocycles. The lowest BCUT2D eigenvalue weighted by atomic mass is 10.0. The molecule has 5 heterocycles. The number of hydrogen-bond acceptors (Lipinski definition) is 5. The number of carbonyl (C=O) groups is 2. The Hall–Kier alpha value is -4.53. The number of likely N-dealkylation sites (tertiary alicyclic amines) is 2. The molecule has 9 nitrogen and oxygen atoms in total. The highest BCUT2D eigenvalue weighted by Crippen LogP contribution is 2.33. The Labute approximate surface area is 206 Å². The van der Waals surface area contributed by atoms with Crippen LogP contribution in [0.3, 0.4) is 0 Å². The molecule has 36 heavy (non-hydrogen) atoms. The minimum atomic E-state index is -0.0847. The standard InChI is InChI=1S/C27H23N7O2/c35-26(23-11-5-10-22(28-23)25-29-20-8-3-4-9-21(20)30-25)33-12-16-14-34(15-17(16)13-33)27(36)24-18-6-1-2-7-19(18)31-32-24/h1-11,16-17H,12-15H2,(H,29,30)(H,31,32). The second-order valence-corrected chi connectivity index (χ2v) is 9.57. The lowest BCUT2D eigenvalue weighted by Gasteiger charge is -2.21. The average molecular weight is 478 g/mol. The second kappa shape index (κ2) is 8.01. The highest BCUT2D eigenvalue weighted by Gasteiger charge is 2.44. The highest BCUT2D eigenvalue weighted by atomic mass is 16.2. The number of imidazole rings is 1. The minimum Gasteiger partial charge on any atom is -0.337 e. The molecule has 2 atom stereocenters. The SMILES string of the molecule is O=C(c1cccc(-c2nc3ccccc3[nH]2)n1)N1CC2CN(C(=O)c3n[nH]c4ccccc34)CC2C1. The number of nitrogens with zero attached hydrogens (tertiary/aromatic N) is 5. The Kier molecular flexibility index (Phi) is 4.63. The maximum atomic E-state index is 13.3. The molecule has 0 saturated carbocycles. The van der Waals surface area contributed by atoms with Gasteiger partial charge in [-0.1, -0.05) is 36.4 Å². The van der Waals surface area contributed by atoms with E-state index in [-0.39, 0.29) is 23.7 Å². The lowest BCUT2D eigenvalue weighted by Crippen LogP contribution is -2.36. The van der Waals surface area contributed by atoms with Crippen molar-refractivity contribution < 1.29 is 9.59 Å². The third-order valence-corrected chi connectivity index (χ3v) is 7.33. The van der Waals surface area contributed by atoms with Crippen LogP contribution in [0.15, 0.2) is 66.7 Å². The smallest absolute Gasteiger partial charge is 0.275 e. The van der Waals surface area contributed by atoms with Crippen molar-refractivity contribution in [3.05, 3.63) is 78.1 Å². The fourth-order valence-corrected chi connectivity index (χ4v) is 5.52. The molecule has 2 unspecified atom stereocenters. The molecule has 3 aromatic heterocycles. The molecule has 0 aliphatic carbocycles. The molecule has 0 radical (unpaired) electrons. The van der Waals surface area contributed by atoms with E-state index in [1.165, 1.54) is 0 Å². The zero-order valence-electron chi connectivity index (χ0n) is 19.4. The summed E-state index contributed by atoms with van der Waals surface area (Å²) in [5.41, 5.74) is 4.16. The number of benzene rings is 2. The first-order valence-corrected chi connectivity index (χ1v) is 12.1. The minimum absolute atomic E-state index is 0.0556. The molecule has 7 rings (SSSR count). The van der Waals surface area contributed by atoms with Gasteiger partial charge in [0.25, 0.3) is 11.8 Å². The number of aromatic nitrogens is 5. The molecule has 2 fully saturated rings. The number of fused-ring (bicyclic) bond motifs is 3. The van der Waals surface area contributed by atoms with E-state index in [1.807, 2.05) is 70.5 Å². The molecule has 5 aromatic rings. The van der Waals surface area contributed by atoms with Gasteiger partial charge < -0.3 is 14.8 Å². The number of rotatable bonds is 3. The van der Waals surface area contributed by atoms with Crippen molar-refractivity contribution in [1.82, 2.24) is 34.9 Å². The number of H-pyrrole nitrogens is 2. The molecule has 0 bridgehead atoms. The summed E-state index contributed by atoms with van der Waals surface area (Å²) >= 11 is 0. The van der Waals surface area contributed by atoms with Crippen LogP contribution in [-0.4, -0.2) is 72.9 Å². The van der Waals surface area contributed by atoms with Gasteiger partial charge in [-0.25, -0.2) is 9.97 Å². The van der Waals surface area contributed by atoms with Crippen LogP contribution < -0.4 is 0 Å². The number of nitrogens with one attached hydrogen (secondary N) is 2. The molecule has 2 amide bonds. The van der Waals surface area contributed by atoms with Crippen molar-refractivity contribution in [2.45, 2.75) is 0 Å². The Morgan fingerprint density at radius 1 is 0.750 bits per heavy atom. The summed E-state index contributed by atoms with van der Waals surface area (Å²) in [5, 5.41) is 8.05. The van der Waals surface area contributed by atoms with Crippen LogP contribution in [-0.2, 0) is 0 Å². The Morgan fingerprint density at radius 3 is 2.22 bits per heavy atom. The van der Waals surface area contributed by atoms with E-state index in [9.17, 15) is 9.59 Å². The van der Waals surface area contributed by atoms with Crippen LogP contribution in [0.1, 0.15) is 21.0 Å². The topological polar surface area (TPSA) is 111 Å². The molecular weight excluding hydrogens is 454 g/mol. The molecule has 9 heteroatoms. The largest absolute Gasteiger partial charge is 0.337 e. The van der Waals surface area contributed by atoms with Gasteiger partial charge in [-0.15, -0.1) is 0 Å². The van der Waals surface area contributed by atoms with Crippen molar-refractivity contribution >= 4 is 33.8 Å². The van der Waals surface area contributed by atoms with Crippen molar-refractivity contribution in [1.29, 1.82) is 0 Å². The Morgan fingerprint density at radius 2 is 1.44 bits per heavy atom. The molecule has 2 N–H and O–H groups in total. The molecule has 178 valence electrons. The van der Waals surface area contributed by atoms with Gasteiger partial charge in [-0.2, -0.15) is 5.10 Å². The summed E-state index contributed by atoms with van der Waals surface area (Å²) in [6.45, 7) is 2.48. The van der Waals surface area contributed by atoms with Gasteiger partial charge in [0, 0.05) is 43.4 Å². The van der Waals surface area contributed by atoms with Crippen molar-refractivity contribution in [3.8, 4) is 11.5 Å². The van der Waals surface area contributed by atoms with Crippen molar-refractivity contribution in [2.75, 3.05) is 26.2 Å². The maximum absolute atomic E-state index is 13.3. The van der Waals surface area contributed by atoms with Gasteiger partial charge in [0.2, 0.25) is 0 Å². The van der Waals surface area contributed by atoms with Crippen LogP contribution in [0, 0.1) is 11.8 Å². The van der Waals surface area contributed by atoms with Crippen LogP contribution in [0.5, 0.6) is 0 Å². The van der Waals surface area contributed by atoms with Crippen LogP contribution in [0.4, 0.5) is 0 Å². The van der Waals surface area contributed by atoms with Gasteiger partial charge >= 0.3 is 0 Å². The summed E-state index contributed by atoms with van der Waals surface area (Å²) in [4.78, 5) is 42.7. The summed E-state index contributed by atoms with van der Waals surface area (Å²) < 4.78 is 0. The quantitative estimate of drug-likeness (QED) is 0.414. The third-order valence-electron chi connectivity index (χ3n) is 7.33. The monoisotopic (exact) mass is 477 g/mol. The summed E-state index contributed by atoms with van der Waals surface area (Å²) in [7, 11) is 0. The number of amides is 2. The predicted molar refractivity (Wildman–Crippen MR) is 134 cm³/mol. The van der Waals surface area contributed by atoms with Crippen LogP contribution in [0.2, 0.25) is 0 Å². The van der Waals surface area contributed by atoms with E-state index in [4.69, 9.17) is 0 Å². The van der Waals surface area contributed by atoms with E-state index >= 15 is 0 Å². The zero-order chi connectivity index (χ0) is 24.2. The van der Waals surface area contributed by atoms with Crippen molar-refractivity contribution in [3.63, 3.8) is 0 Å². The van der Waals surface area contributed by atoms with Crippen LogP contribution >= 0.6 is 0 Å². The molecule has 0 spiro atoms. The van der Waals surface area contributed by atoms with Gasteiger partial charge in [-0.05, 0) is 30.3 Å². The van der Waals surface area contributed by atoms with E-state index in [0.717, 1.165) is 21.9 Å². The van der Waals surface area contributed by atoms with Gasteiger partial charge in [0.15, 0.2) is 11.5 Å². The first-order chi connectivity index (χ1) is 17.6. The van der Waals surface area contributed by atoms with E-state index in [0.29, 0.717) is 49.1 Å². The molecular formula is C27H23N7O2. The Bertz CT molecular complexity index is 1590. The summed E-state index contributed by atoms with van der Waals surface area (Å²) in [6, 6.07) is 20.9. The first-order valence-electron chi connectivity index (χ1n) is 12.1. The maximum Gasteiger partial charge on any atom is 0.275 e. The number of para-hydroxylation sites is 3. The van der Waals surface area contributed by atoms with Gasteiger partial charge in [0.05, 0.1) is 16.6 Å². The third kappa shape index (κ3) is 3.35. The average Bonchev–Trinajstić information content (AvgIpc) is 3.69. The number of hydrogen-bond donors (Lipinski definition) is 2. The number of aromatic amines is 2. The van der Waals surface area contributed by atoms with E-state index < -0.39 is 0 Å². The highest BCUT2D eigenvalue weighted by molar-refractivity contribution is 6.04. The van der Waals surface area contributed by atoms with Gasteiger partial charge in [0.1, 0.15) is 11.4 Å². The van der Waals surface area contributed by atoms with E-state index in [2.05, 4.69) is 25.1 Å². The number of carbonyl (C=O) groups excluding carboxylic acids is 2. The molecule has 2 aliphatic heterocycles. The summed E-state index contributed by atoms with van der Waals surface area (Å²) in [6.07, 6.45) is 0. The predicted octanol–water partition coefficient (Wildman–Crippen LogP) is 3.35. The van der Waals surface area contributed by atoms with E-state index in [1.54, 1.807) is 6.07 Å².